The van der Waals surface area contributed by atoms with Crippen LogP contribution in [-0.2, 0) is 0 Å². The molecular weight excluding hydrogens is 228 g/mol. The Morgan fingerprint density at radius 1 is 1.44 bits per heavy atom. The van der Waals surface area contributed by atoms with Crippen LogP contribution in [0.25, 0.3) is 11.1 Å². The fourth-order valence-corrected chi connectivity index (χ4v) is 1.84. The van der Waals surface area contributed by atoms with E-state index in [1.165, 1.54) is 6.26 Å². The SMILES string of the molecule is CCOc1ccc(-c2coc(N)c2C#N)cc1C. The van der Waals surface area contributed by atoms with E-state index in [1.807, 2.05) is 32.0 Å². The Hall–Kier alpha value is -2.41. The maximum atomic E-state index is 9.04. The van der Waals surface area contributed by atoms with Crippen molar-refractivity contribution in [3.05, 3.63) is 35.6 Å². The highest BCUT2D eigenvalue weighted by Gasteiger charge is 2.13. The number of hydrogen-bond acceptors (Lipinski definition) is 4. The first kappa shape index (κ1) is 12.1. The normalized spacial score (nSPS) is 10.1. The van der Waals surface area contributed by atoms with Gasteiger partial charge in [0.25, 0.3) is 0 Å². The highest BCUT2D eigenvalue weighted by molar-refractivity contribution is 5.75. The predicted molar refractivity (Wildman–Crippen MR) is 69.2 cm³/mol. The highest BCUT2D eigenvalue weighted by atomic mass is 16.5. The number of benzene rings is 1. The Morgan fingerprint density at radius 2 is 2.22 bits per heavy atom. The molecule has 0 aliphatic carbocycles. The third-order valence-corrected chi connectivity index (χ3v) is 2.72. The standard InChI is InChI=1S/C14H14N2O2/c1-3-17-13-5-4-10(6-9(13)2)12-8-18-14(16)11(12)7-15/h4-6,8H,3,16H2,1-2H3. The summed E-state index contributed by atoms with van der Waals surface area (Å²) in [5, 5.41) is 9.04. The van der Waals surface area contributed by atoms with Crippen LogP contribution >= 0.6 is 0 Å². The first-order valence-electron chi connectivity index (χ1n) is 5.68. The van der Waals surface area contributed by atoms with Gasteiger partial charge in [0.1, 0.15) is 23.6 Å². The molecule has 0 fully saturated rings. The lowest BCUT2D eigenvalue weighted by molar-refractivity contribution is 0.338. The zero-order valence-corrected chi connectivity index (χ0v) is 10.4. The maximum absolute atomic E-state index is 9.04. The molecule has 0 spiro atoms. The number of nitrogens with zero attached hydrogens (tertiary/aromatic N) is 1. The first-order chi connectivity index (χ1) is 8.67. The Morgan fingerprint density at radius 3 is 2.83 bits per heavy atom. The monoisotopic (exact) mass is 242 g/mol. The van der Waals surface area contributed by atoms with Crippen molar-refractivity contribution >= 4 is 5.88 Å². The second-order valence-electron chi connectivity index (χ2n) is 3.91. The van der Waals surface area contributed by atoms with E-state index in [4.69, 9.17) is 20.1 Å². The summed E-state index contributed by atoms with van der Waals surface area (Å²) in [7, 11) is 0. The van der Waals surface area contributed by atoms with E-state index in [0.29, 0.717) is 17.7 Å². The van der Waals surface area contributed by atoms with Gasteiger partial charge in [-0.2, -0.15) is 5.26 Å². The summed E-state index contributed by atoms with van der Waals surface area (Å²) in [5.74, 6) is 0.996. The summed E-state index contributed by atoms with van der Waals surface area (Å²) in [6, 6.07) is 7.79. The number of ether oxygens (including phenoxy) is 1. The van der Waals surface area contributed by atoms with Gasteiger partial charge in [0.05, 0.1) is 6.61 Å². The molecule has 0 aliphatic heterocycles. The second kappa shape index (κ2) is 4.84. The van der Waals surface area contributed by atoms with Gasteiger partial charge in [-0.3, -0.25) is 0 Å². The molecule has 4 heteroatoms. The van der Waals surface area contributed by atoms with Crippen molar-refractivity contribution in [2.24, 2.45) is 0 Å². The number of furan rings is 1. The summed E-state index contributed by atoms with van der Waals surface area (Å²) in [5.41, 5.74) is 8.58. The van der Waals surface area contributed by atoms with Crippen LogP contribution in [-0.4, -0.2) is 6.61 Å². The largest absolute Gasteiger partial charge is 0.494 e. The minimum atomic E-state index is 0.152. The molecule has 92 valence electrons. The molecule has 18 heavy (non-hydrogen) atoms. The van der Waals surface area contributed by atoms with Crippen molar-refractivity contribution in [3.8, 4) is 22.9 Å². The lowest BCUT2D eigenvalue weighted by atomic mass is 10.0. The smallest absolute Gasteiger partial charge is 0.208 e. The Balaban J connectivity index is 2.46. The van der Waals surface area contributed by atoms with Crippen LogP contribution in [0.5, 0.6) is 5.75 Å². The molecule has 1 aromatic heterocycles. The van der Waals surface area contributed by atoms with Crippen LogP contribution < -0.4 is 10.5 Å². The van der Waals surface area contributed by atoms with Gasteiger partial charge < -0.3 is 14.9 Å². The minimum absolute atomic E-state index is 0.152. The van der Waals surface area contributed by atoms with Crippen molar-refractivity contribution in [2.45, 2.75) is 13.8 Å². The van der Waals surface area contributed by atoms with E-state index in [2.05, 4.69) is 6.07 Å². The third-order valence-electron chi connectivity index (χ3n) is 2.72. The van der Waals surface area contributed by atoms with Crippen LogP contribution in [0, 0.1) is 18.3 Å². The van der Waals surface area contributed by atoms with Crippen molar-refractivity contribution in [2.75, 3.05) is 12.3 Å². The van der Waals surface area contributed by atoms with Crippen LogP contribution in [0.1, 0.15) is 18.1 Å². The number of nitrogen functional groups attached to an aromatic ring is 1. The van der Waals surface area contributed by atoms with Gasteiger partial charge in [0, 0.05) is 5.56 Å². The second-order valence-corrected chi connectivity index (χ2v) is 3.91. The molecule has 4 nitrogen and oxygen atoms in total. The molecular formula is C14H14N2O2. The van der Waals surface area contributed by atoms with E-state index in [9.17, 15) is 0 Å². The average Bonchev–Trinajstić information content (AvgIpc) is 2.73. The van der Waals surface area contributed by atoms with Gasteiger partial charge in [-0.05, 0) is 37.1 Å². The van der Waals surface area contributed by atoms with Crippen LogP contribution in [0.15, 0.2) is 28.9 Å². The molecule has 1 aromatic carbocycles. The molecule has 2 aromatic rings. The average molecular weight is 242 g/mol. The molecule has 1 heterocycles. The van der Waals surface area contributed by atoms with Crippen LogP contribution in [0.3, 0.4) is 0 Å². The van der Waals surface area contributed by atoms with E-state index in [0.717, 1.165) is 16.9 Å². The lowest BCUT2D eigenvalue weighted by Crippen LogP contribution is -1.94. The van der Waals surface area contributed by atoms with Gasteiger partial charge in [-0.25, -0.2) is 0 Å². The first-order valence-corrected chi connectivity index (χ1v) is 5.68. The molecule has 0 saturated carbocycles. The fourth-order valence-electron chi connectivity index (χ4n) is 1.84. The number of aryl methyl sites for hydroxylation is 1. The molecule has 0 unspecified atom stereocenters. The topological polar surface area (TPSA) is 72.2 Å². The summed E-state index contributed by atoms with van der Waals surface area (Å²) >= 11 is 0. The number of nitriles is 1. The third kappa shape index (κ3) is 2.03. The molecule has 0 radical (unpaired) electrons. The van der Waals surface area contributed by atoms with E-state index < -0.39 is 0 Å². The Bertz CT molecular complexity index is 609. The molecule has 2 N–H and O–H groups in total. The van der Waals surface area contributed by atoms with Gasteiger partial charge in [0.2, 0.25) is 5.88 Å². The van der Waals surface area contributed by atoms with Gasteiger partial charge in [-0.1, -0.05) is 6.07 Å². The van der Waals surface area contributed by atoms with Crippen molar-refractivity contribution in [1.82, 2.24) is 0 Å². The summed E-state index contributed by atoms with van der Waals surface area (Å²) in [4.78, 5) is 0. The predicted octanol–water partition coefficient (Wildman–Crippen LogP) is 3.11. The van der Waals surface area contributed by atoms with Gasteiger partial charge in [-0.15, -0.1) is 0 Å². The quantitative estimate of drug-likeness (QED) is 0.897. The van der Waals surface area contributed by atoms with E-state index in [-0.39, 0.29) is 5.88 Å². The molecule has 0 amide bonds. The molecule has 0 saturated heterocycles. The molecule has 2 rings (SSSR count). The molecule has 0 atom stereocenters. The van der Waals surface area contributed by atoms with Crippen molar-refractivity contribution < 1.29 is 9.15 Å². The minimum Gasteiger partial charge on any atom is -0.494 e. The Labute approximate surface area is 106 Å². The Kier molecular flexibility index (Phi) is 3.24. The van der Waals surface area contributed by atoms with Crippen molar-refractivity contribution in [3.63, 3.8) is 0 Å². The highest BCUT2D eigenvalue weighted by Crippen LogP contribution is 2.32. The number of nitrogens with two attached hydrogens (primary N) is 1. The van der Waals surface area contributed by atoms with Crippen LogP contribution in [0.2, 0.25) is 0 Å². The number of anilines is 1. The summed E-state index contributed by atoms with van der Waals surface area (Å²) in [6.07, 6.45) is 1.50. The maximum Gasteiger partial charge on any atom is 0.208 e. The van der Waals surface area contributed by atoms with Crippen LogP contribution in [0.4, 0.5) is 5.88 Å². The van der Waals surface area contributed by atoms with Gasteiger partial charge in [0.15, 0.2) is 0 Å². The van der Waals surface area contributed by atoms with E-state index in [1.54, 1.807) is 0 Å². The van der Waals surface area contributed by atoms with Gasteiger partial charge >= 0.3 is 0 Å². The number of rotatable bonds is 3. The van der Waals surface area contributed by atoms with Crippen molar-refractivity contribution in [1.29, 1.82) is 5.26 Å². The molecule has 0 bridgehead atoms. The number of hydrogen-bond donors (Lipinski definition) is 1. The molecule has 0 aliphatic rings. The zero-order chi connectivity index (χ0) is 13.1. The summed E-state index contributed by atoms with van der Waals surface area (Å²) in [6.45, 7) is 4.53. The fraction of sp³-hybridized carbons (Fsp3) is 0.214. The van der Waals surface area contributed by atoms with E-state index >= 15 is 0 Å². The zero-order valence-electron chi connectivity index (χ0n) is 10.4. The summed E-state index contributed by atoms with van der Waals surface area (Å²) < 4.78 is 10.6. The lowest BCUT2D eigenvalue weighted by Gasteiger charge is -2.08.